The summed E-state index contributed by atoms with van der Waals surface area (Å²) in [4.78, 5) is 4.28. The van der Waals surface area contributed by atoms with Crippen LogP contribution in [0.1, 0.15) is 50.5 Å². The van der Waals surface area contributed by atoms with Crippen LogP contribution >= 0.6 is 0 Å². The number of nitrogens with zero attached hydrogens (tertiary/aromatic N) is 1. The Hall–Kier alpha value is -0.890. The van der Waals surface area contributed by atoms with Crippen LogP contribution in [0.4, 0.5) is 0 Å². The van der Waals surface area contributed by atoms with E-state index in [1.54, 1.807) is 0 Å². The summed E-state index contributed by atoms with van der Waals surface area (Å²) in [6, 6.07) is 4.31. The SMILES string of the molecule is NCCCC1(c2cccnc2)CCCCC1. The van der Waals surface area contributed by atoms with Gasteiger partial charge in [-0.3, -0.25) is 4.98 Å². The van der Waals surface area contributed by atoms with Gasteiger partial charge in [-0.15, -0.1) is 0 Å². The molecule has 1 aromatic heterocycles. The van der Waals surface area contributed by atoms with E-state index >= 15 is 0 Å². The van der Waals surface area contributed by atoms with E-state index in [-0.39, 0.29) is 0 Å². The molecule has 0 atom stereocenters. The molecule has 1 saturated carbocycles. The smallest absolute Gasteiger partial charge is 0.0305 e. The molecule has 2 N–H and O–H groups in total. The predicted molar refractivity (Wildman–Crippen MR) is 67.3 cm³/mol. The molecule has 1 aliphatic rings. The second kappa shape index (κ2) is 5.44. The Bertz CT molecular complexity index is 302. The van der Waals surface area contributed by atoms with E-state index in [4.69, 9.17) is 5.73 Å². The first-order chi connectivity index (χ1) is 7.87. The maximum atomic E-state index is 5.67. The maximum Gasteiger partial charge on any atom is 0.0305 e. The predicted octanol–water partition coefficient (Wildman–Crippen LogP) is 3.02. The Morgan fingerprint density at radius 2 is 2.06 bits per heavy atom. The van der Waals surface area contributed by atoms with E-state index in [1.807, 2.05) is 6.20 Å². The first kappa shape index (κ1) is 11.6. The first-order valence-electron chi connectivity index (χ1n) is 6.48. The van der Waals surface area contributed by atoms with E-state index < -0.39 is 0 Å². The lowest BCUT2D eigenvalue weighted by atomic mass is 9.67. The molecule has 1 heterocycles. The molecule has 2 nitrogen and oxygen atoms in total. The summed E-state index contributed by atoms with van der Waals surface area (Å²) in [5.41, 5.74) is 7.48. The molecule has 0 spiro atoms. The molecule has 0 bridgehead atoms. The molecule has 0 aliphatic heterocycles. The van der Waals surface area contributed by atoms with Gasteiger partial charge in [0.1, 0.15) is 0 Å². The van der Waals surface area contributed by atoms with Crippen LogP contribution in [0.2, 0.25) is 0 Å². The molecule has 1 aromatic rings. The third kappa shape index (κ3) is 2.43. The van der Waals surface area contributed by atoms with Gasteiger partial charge in [0.2, 0.25) is 0 Å². The highest BCUT2D eigenvalue weighted by atomic mass is 14.6. The fourth-order valence-corrected chi connectivity index (χ4v) is 3.03. The van der Waals surface area contributed by atoms with E-state index in [1.165, 1.54) is 44.1 Å². The summed E-state index contributed by atoms with van der Waals surface area (Å²) in [5, 5.41) is 0. The summed E-state index contributed by atoms with van der Waals surface area (Å²) in [7, 11) is 0. The second-order valence-electron chi connectivity index (χ2n) is 4.97. The minimum atomic E-state index is 0.381. The fourth-order valence-electron chi connectivity index (χ4n) is 3.03. The third-order valence-corrected chi connectivity index (χ3v) is 3.94. The largest absolute Gasteiger partial charge is 0.330 e. The monoisotopic (exact) mass is 218 g/mol. The highest BCUT2D eigenvalue weighted by molar-refractivity contribution is 5.22. The lowest BCUT2D eigenvalue weighted by molar-refractivity contribution is 0.269. The van der Waals surface area contributed by atoms with Gasteiger partial charge < -0.3 is 5.73 Å². The van der Waals surface area contributed by atoms with Crippen LogP contribution in [0, 0.1) is 0 Å². The molecule has 0 unspecified atom stereocenters. The zero-order chi connectivity index (χ0) is 11.3. The van der Waals surface area contributed by atoms with E-state index in [2.05, 4.69) is 23.3 Å². The van der Waals surface area contributed by atoms with Crippen molar-refractivity contribution in [2.75, 3.05) is 6.54 Å². The average molecular weight is 218 g/mol. The highest BCUT2D eigenvalue weighted by Gasteiger charge is 2.33. The van der Waals surface area contributed by atoms with Gasteiger partial charge >= 0.3 is 0 Å². The molecule has 0 saturated heterocycles. The van der Waals surface area contributed by atoms with Crippen LogP contribution in [0.25, 0.3) is 0 Å². The number of pyridine rings is 1. The van der Waals surface area contributed by atoms with Crippen molar-refractivity contribution in [3.8, 4) is 0 Å². The van der Waals surface area contributed by atoms with Gasteiger partial charge in [0.05, 0.1) is 0 Å². The number of rotatable bonds is 4. The number of hydrogen-bond acceptors (Lipinski definition) is 2. The number of hydrogen-bond donors (Lipinski definition) is 1. The highest BCUT2D eigenvalue weighted by Crippen LogP contribution is 2.42. The normalized spacial score (nSPS) is 19.6. The fraction of sp³-hybridized carbons (Fsp3) is 0.643. The van der Waals surface area contributed by atoms with Gasteiger partial charge in [-0.1, -0.05) is 25.3 Å². The number of aromatic nitrogens is 1. The van der Waals surface area contributed by atoms with Gasteiger partial charge in [0.15, 0.2) is 0 Å². The molecule has 0 aromatic carbocycles. The van der Waals surface area contributed by atoms with Gasteiger partial charge in [-0.2, -0.15) is 0 Å². The minimum Gasteiger partial charge on any atom is -0.330 e. The Morgan fingerprint density at radius 3 is 2.69 bits per heavy atom. The molecule has 0 amide bonds. The van der Waals surface area contributed by atoms with E-state index in [9.17, 15) is 0 Å². The lowest BCUT2D eigenvalue weighted by Gasteiger charge is -2.37. The lowest BCUT2D eigenvalue weighted by Crippen LogP contribution is -2.30. The van der Waals surface area contributed by atoms with Crippen molar-refractivity contribution in [2.45, 2.75) is 50.4 Å². The average Bonchev–Trinajstić information content (AvgIpc) is 2.38. The number of nitrogens with two attached hydrogens (primary N) is 1. The molecule has 88 valence electrons. The third-order valence-electron chi connectivity index (χ3n) is 3.94. The summed E-state index contributed by atoms with van der Waals surface area (Å²) in [5.74, 6) is 0. The molecule has 0 radical (unpaired) electrons. The van der Waals surface area contributed by atoms with Crippen LogP contribution in [0.3, 0.4) is 0 Å². The molecule has 16 heavy (non-hydrogen) atoms. The Balaban J connectivity index is 2.19. The van der Waals surface area contributed by atoms with Gasteiger partial charge in [-0.25, -0.2) is 0 Å². The van der Waals surface area contributed by atoms with Crippen molar-refractivity contribution in [1.82, 2.24) is 4.98 Å². The van der Waals surface area contributed by atoms with E-state index in [0.717, 1.165) is 13.0 Å². The van der Waals surface area contributed by atoms with Gasteiger partial charge in [-0.05, 0) is 49.3 Å². The minimum absolute atomic E-state index is 0.381. The van der Waals surface area contributed by atoms with Crippen LogP contribution in [0.15, 0.2) is 24.5 Å². The molecule has 2 heteroatoms. The van der Waals surface area contributed by atoms with Crippen molar-refractivity contribution >= 4 is 0 Å². The molecule has 1 fully saturated rings. The second-order valence-corrected chi connectivity index (χ2v) is 4.97. The quantitative estimate of drug-likeness (QED) is 0.843. The van der Waals surface area contributed by atoms with E-state index in [0.29, 0.717) is 5.41 Å². The van der Waals surface area contributed by atoms with Crippen molar-refractivity contribution in [1.29, 1.82) is 0 Å². The standard InChI is InChI=1S/C14H22N2/c15-10-5-9-14(7-2-1-3-8-14)13-6-4-11-16-12-13/h4,6,11-12H,1-3,5,7-10,15H2. The van der Waals surface area contributed by atoms with Gasteiger partial charge in [0, 0.05) is 12.4 Å². The summed E-state index contributed by atoms with van der Waals surface area (Å²) < 4.78 is 0. The molecule has 1 aliphatic carbocycles. The molecular weight excluding hydrogens is 196 g/mol. The van der Waals surface area contributed by atoms with Crippen molar-refractivity contribution in [2.24, 2.45) is 5.73 Å². The van der Waals surface area contributed by atoms with Crippen LogP contribution in [-0.2, 0) is 5.41 Å². The first-order valence-corrected chi connectivity index (χ1v) is 6.48. The Labute approximate surface area is 98.3 Å². The zero-order valence-electron chi connectivity index (χ0n) is 9.99. The van der Waals surface area contributed by atoms with Crippen LogP contribution < -0.4 is 5.73 Å². The maximum absolute atomic E-state index is 5.67. The topological polar surface area (TPSA) is 38.9 Å². The molecule has 2 rings (SSSR count). The van der Waals surface area contributed by atoms with Gasteiger partial charge in [0.25, 0.3) is 0 Å². The van der Waals surface area contributed by atoms with Crippen LogP contribution in [0.5, 0.6) is 0 Å². The Morgan fingerprint density at radius 1 is 1.25 bits per heavy atom. The summed E-state index contributed by atoms with van der Waals surface area (Å²) in [6.07, 6.45) is 13.0. The molecular formula is C14H22N2. The van der Waals surface area contributed by atoms with Crippen LogP contribution in [-0.4, -0.2) is 11.5 Å². The van der Waals surface area contributed by atoms with Crippen molar-refractivity contribution in [3.05, 3.63) is 30.1 Å². The summed E-state index contributed by atoms with van der Waals surface area (Å²) >= 11 is 0. The van der Waals surface area contributed by atoms with Crippen molar-refractivity contribution < 1.29 is 0 Å². The summed E-state index contributed by atoms with van der Waals surface area (Å²) in [6.45, 7) is 0.808. The van der Waals surface area contributed by atoms with Crippen molar-refractivity contribution in [3.63, 3.8) is 0 Å². The zero-order valence-corrected chi connectivity index (χ0v) is 9.99. The Kier molecular flexibility index (Phi) is 3.94.